The van der Waals surface area contributed by atoms with Crippen molar-refractivity contribution in [1.29, 1.82) is 0 Å². The summed E-state index contributed by atoms with van der Waals surface area (Å²) in [4.78, 5) is 0. The molecule has 3 heteroatoms. The van der Waals surface area contributed by atoms with E-state index in [0.29, 0.717) is 5.02 Å². The molecule has 1 aliphatic heterocycles. The molecule has 2 heterocycles. The molecule has 1 nitrogen and oxygen atoms in total. The van der Waals surface area contributed by atoms with Crippen molar-refractivity contribution in [3.05, 3.63) is 155 Å². The van der Waals surface area contributed by atoms with Crippen LogP contribution in [0.1, 0.15) is 22.3 Å². The molecule has 0 atom stereocenters. The summed E-state index contributed by atoms with van der Waals surface area (Å²) in [5.74, 6) is 1.75. The first kappa shape index (κ1) is 22.4. The molecule has 0 unspecified atom stereocenters. The van der Waals surface area contributed by atoms with Crippen LogP contribution in [0.25, 0.3) is 42.4 Å². The molecule has 0 radical (unpaired) electrons. The molecular formula is C37H21ClOS. The Bertz CT molecular complexity index is 2130. The van der Waals surface area contributed by atoms with Crippen LogP contribution < -0.4 is 4.74 Å². The first-order valence-electron chi connectivity index (χ1n) is 13.5. The highest BCUT2D eigenvalue weighted by molar-refractivity contribution is 7.25. The molecule has 9 rings (SSSR count). The highest BCUT2D eigenvalue weighted by Gasteiger charge is 2.51. The zero-order valence-electron chi connectivity index (χ0n) is 21.3. The number of fused-ring (bicyclic) bond motifs is 12. The van der Waals surface area contributed by atoms with E-state index < -0.39 is 5.41 Å². The maximum atomic E-state index is 7.01. The van der Waals surface area contributed by atoms with Crippen LogP contribution in [0.4, 0.5) is 0 Å². The smallest absolute Gasteiger partial charge is 0.140 e. The van der Waals surface area contributed by atoms with Crippen LogP contribution in [0.5, 0.6) is 11.5 Å². The second-order valence-electron chi connectivity index (χ2n) is 10.6. The molecule has 7 aromatic rings. The van der Waals surface area contributed by atoms with Gasteiger partial charge in [0.15, 0.2) is 0 Å². The fourth-order valence-corrected chi connectivity index (χ4v) is 8.33. The molecule has 0 bridgehead atoms. The number of rotatable bonds is 1. The molecule has 40 heavy (non-hydrogen) atoms. The Labute approximate surface area is 240 Å². The summed E-state index contributed by atoms with van der Waals surface area (Å²) in [6.45, 7) is 0. The minimum Gasteiger partial charge on any atom is -0.456 e. The lowest BCUT2D eigenvalue weighted by molar-refractivity contribution is 0.438. The van der Waals surface area contributed by atoms with Crippen LogP contribution in [-0.2, 0) is 5.41 Å². The van der Waals surface area contributed by atoms with Gasteiger partial charge in [-0.2, -0.15) is 0 Å². The highest BCUT2D eigenvalue weighted by atomic mass is 35.5. The third-order valence-electron chi connectivity index (χ3n) is 8.60. The summed E-state index contributed by atoms with van der Waals surface area (Å²) in [6, 6.07) is 45.6. The van der Waals surface area contributed by atoms with Gasteiger partial charge in [-0.1, -0.05) is 103 Å². The van der Waals surface area contributed by atoms with Gasteiger partial charge in [-0.3, -0.25) is 0 Å². The SMILES string of the molecule is Clc1cc(-c2ccc3sc4ccccc4c3c2)c2c(c1)C1(c3ccccc3O2)c2ccccc2-c2ccccc21. The van der Waals surface area contributed by atoms with Crippen molar-refractivity contribution < 1.29 is 4.74 Å². The lowest BCUT2D eigenvalue weighted by atomic mass is 9.65. The van der Waals surface area contributed by atoms with Crippen LogP contribution in [-0.4, -0.2) is 0 Å². The number of hydrogen-bond acceptors (Lipinski definition) is 2. The lowest BCUT2D eigenvalue weighted by Crippen LogP contribution is -2.32. The van der Waals surface area contributed by atoms with Crippen LogP contribution in [0.2, 0.25) is 5.02 Å². The first-order chi connectivity index (χ1) is 19.7. The van der Waals surface area contributed by atoms with E-state index in [1.807, 2.05) is 11.3 Å². The van der Waals surface area contributed by atoms with E-state index in [1.165, 1.54) is 42.4 Å². The molecule has 188 valence electrons. The van der Waals surface area contributed by atoms with E-state index in [4.69, 9.17) is 16.3 Å². The fraction of sp³-hybridized carbons (Fsp3) is 0.0270. The minimum atomic E-state index is -0.532. The van der Waals surface area contributed by atoms with Crippen LogP contribution >= 0.6 is 22.9 Å². The largest absolute Gasteiger partial charge is 0.456 e. The molecule has 0 fully saturated rings. The second kappa shape index (κ2) is 8.08. The summed E-state index contributed by atoms with van der Waals surface area (Å²) < 4.78 is 9.44. The Morgan fingerprint density at radius 3 is 1.98 bits per heavy atom. The van der Waals surface area contributed by atoms with Crippen molar-refractivity contribution in [2.24, 2.45) is 0 Å². The van der Waals surface area contributed by atoms with Crippen molar-refractivity contribution in [2.75, 3.05) is 0 Å². The Kier molecular flexibility index (Phi) is 4.53. The molecule has 0 saturated heterocycles. The van der Waals surface area contributed by atoms with E-state index >= 15 is 0 Å². The molecule has 1 spiro atoms. The van der Waals surface area contributed by atoms with Gasteiger partial charge in [0, 0.05) is 41.9 Å². The normalized spacial score (nSPS) is 14.0. The van der Waals surface area contributed by atoms with Gasteiger partial charge in [-0.25, -0.2) is 0 Å². The number of hydrogen-bond donors (Lipinski definition) is 0. The van der Waals surface area contributed by atoms with E-state index in [9.17, 15) is 0 Å². The molecule has 0 saturated carbocycles. The zero-order chi connectivity index (χ0) is 26.4. The van der Waals surface area contributed by atoms with Gasteiger partial charge < -0.3 is 4.74 Å². The average Bonchev–Trinajstić information content (AvgIpc) is 3.51. The topological polar surface area (TPSA) is 9.23 Å². The van der Waals surface area contributed by atoms with E-state index in [1.54, 1.807) is 0 Å². The third-order valence-corrected chi connectivity index (χ3v) is 9.97. The Morgan fingerprint density at radius 1 is 0.525 bits per heavy atom. The molecular weight excluding hydrogens is 528 g/mol. The second-order valence-corrected chi connectivity index (χ2v) is 12.1. The van der Waals surface area contributed by atoms with Crippen LogP contribution in [0, 0.1) is 0 Å². The van der Waals surface area contributed by atoms with Gasteiger partial charge in [-0.15, -0.1) is 11.3 Å². The van der Waals surface area contributed by atoms with Crippen molar-refractivity contribution in [3.63, 3.8) is 0 Å². The van der Waals surface area contributed by atoms with Crippen molar-refractivity contribution in [3.8, 4) is 33.8 Å². The summed E-state index contributed by atoms with van der Waals surface area (Å²) in [7, 11) is 0. The maximum absolute atomic E-state index is 7.01. The summed E-state index contributed by atoms with van der Waals surface area (Å²) in [6.07, 6.45) is 0. The maximum Gasteiger partial charge on any atom is 0.140 e. The zero-order valence-corrected chi connectivity index (χ0v) is 22.9. The lowest BCUT2D eigenvalue weighted by Gasteiger charge is -2.40. The molecule has 1 aromatic heterocycles. The van der Waals surface area contributed by atoms with Gasteiger partial charge in [-0.05, 0) is 64.2 Å². The Morgan fingerprint density at radius 2 is 1.18 bits per heavy atom. The molecule has 1 aliphatic carbocycles. The number of benzene rings is 6. The predicted octanol–water partition coefficient (Wildman–Crippen LogP) is 10.8. The van der Waals surface area contributed by atoms with E-state index in [2.05, 4.69) is 127 Å². The van der Waals surface area contributed by atoms with Crippen LogP contribution in [0.15, 0.2) is 127 Å². The number of para-hydroxylation sites is 1. The number of halogens is 1. The molecule has 0 amide bonds. The van der Waals surface area contributed by atoms with Crippen molar-refractivity contribution in [2.45, 2.75) is 5.41 Å². The van der Waals surface area contributed by atoms with Gasteiger partial charge >= 0.3 is 0 Å². The van der Waals surface area contributed by atoms with Crippen molar-refractivity contribution in [1.82, 2.24) is 0 Å². The predicted molar refractivity (Wildman–Crippen MR) is 167 cm³/mol. The summed E-state index contributed by atoms with van der Waals surface area (Å²) >= 11 is 8.84. The molecule has 0 N–H and O–H groups in total. The molecule has 2 aliphatic rings. The van der Waals surface area contributed by atoms with Gasteiger partial charge in [0.1, 0.15) is 11.5 Å². The van der Waals surface area contributed by atoms with E-state index in [-0.39, 0.29) is 0 Å². The molecule has 6 aromatic carbocycles. The monoisotopic (exact) mass is 548 g/mol. The standard InChI is InChI=1S/C37H21ClOS/c38-23-20-27(22-17-18-35-28(19-22)26-11-3-8-16-34(26)40-35)36-32(21-23)37(31-14-6-7-15-33(31)39-36)29-12-4-1-9-24(29)25-10-2-5-13-30(25)37/h1-21H. The number of ether oxygens (including phenoxy) is 1. The quantitative estimate of drug-likeness (QED) is 0.198. The van der Waals surface area contributed by atoms with Gasteiger partial charge in [0.2, 0.25) is 0 Å². The summed E-state index contributed by atoms with van der Waals surface area (Å²) in [5, 5.41) is 3.24. The van der Waals surface area contributed by atoms with Gasteiger partial charge in [0.05, 0.1) is 5.41 Å². The highest BCUT2D eigenvalue weighted by Crippen LogP contribution is 2.63. The Balaban J connectivity index is 1.40. The Hall–Kier alpha value is -4.37. The van der Waals surface area contributed by atoms with Crippen LogP contribution in [0.3, 0.4) is 0 Å². The average molecular weight is 549 g/mol. The van der Waals surface area contributed by atoms with Gasteiger partial charge in [0.25, 0.3) is 0 Å². The minimum absolute atomic E-state index is 0.532. The number of thiophene rings is 1. The third kappa shape index (κ3) is 2.82. The first-order valence-corrected chi connectivity index (χ1v) is 14.7. The summed E-state index contributed by atoms with van der Waals surface area (Å²) in [5.41, 5.74) is 8.85. The fourth-order valence-electron chi connectivity index (χ4n) is 7.03. The van der Waals surface area contributed by atoms with Crippen molar-refractivity contribution >= 4 is 43.1 Å². The van der Waals surface area contributed by atoms with E-state index in [0.717, 1.165) is 33.8 Å².